The Kier molecular flexibility index (Phi) is 4.39. The maximum Gasteiger partial charge on any atom is 0.0891 e. The van der Waals surface area contributed by atoms with Gasteiger partial charge >= 0.3 is 0 Å². The summed E-state index contributed by atoms with van der Waals surface area (Å²) in [6.45, 7) is 7.47. The molecule has 0 spiro atoms. The molecule has 0 unspecified atom stereocenters. The number of anilines is 1. The van der Waals surface area contributed by atoms with Crippen molar-refractivity contribution in [2.45, 2.75) is 33.4 Å². The van der Waals surface area contributed by atoms with Gasteiger partial charge in [0.05, 0.1) is 12.6 Å². The average molecular weight is 308 g/mol. The first-order chi connectivity index (χ1) is 11.1. The predicted molar refractivity (Wildman–Crippen MR) is 97.1 cm³/mol. The van der Waals surface area contributed by atoms with Crippen molar-refractivity contribution in [2.24, 2.45) is 0 Å². The van der Waals surface area contributed by atoms with Crippen LogP contribution in [0.3, 0.4) is 0 Å². The molecule has 0 aliphatic heterocycles. The van der Waals surface area contributed by atoms with E-state index in [-0.39, 0.29) is 0 Å². The number of aliphatic hydroxyl groups is 1. The molecule has 0 fully saturated rings. The van der Waals surface area contributed by atoms with Crippen molar-refractivity contribution in [3.63, 3.8) is 0 Å². The number of nitrogens with zero attached hydrogens (tertiary/aromatic N) is 1. The third-order valence-corrected chi connectivity index (χ3v) is 4.61. The predicted octanol–water partition coefficient (Wildman–Crippen LogP) is 4.04. The summed E-state index contributed by atoms with van der Waals surface area (Å²) in [6.07, 6.45) is -0.441. The Balaban J connectivity index is 1.75. The van der Waals surface area contributed by atoms with Gasteiger partial charge in [0.2, 0.25) is 0 Å². The van der Waals surface area contributed by atoms with E-state index in [2.05, 4.69) is 61.0 Å². The van der Waals surface area contributed by atoms with Crippen LogP contribution in [0.15, 0.2) is 48.5 Å². The van der Waals surface area contributed by atoms with Gasteiger partial charge in [0.15, 0.2) is 0 Å². The Morgan fingerprint density at radius 1 is 1.00 bits per heavy atom. The molecule has 0 saturated carbocycles. The molecule has 1 aromatic heterocycles. The summed E-state index contributed by atoms with van der Waals surface area (Å²) >= 11 is 0. The second kappa shape index (κ2) is 6.47. The Labute approximate surface area is 137 Å². The summed E-state index contributed by atoms with van der Waals surface area (Å²) in [4.78, 5) is 0. The van der Waals surface area contributed by atoms with Crippen LogP contribution in [0, 0.1) is 20.8 Å². The van der Waals surface area contributed by atoms with Crippen LogP contribution in [0.4, 0.5) is 5.69 Å². The molecule has 0 saturated heterocycles. The molecule has 0 bridgehead atoms. The summed E-state index contributed by atoms with van der Waals surface area (Å²) in [7, 11) is 0. The van der Waals surface area contributed by atoms with Gasteiger partial charge in [-0.3, -0.25) is 0 Å². The van der Waals surface area contributed by atoms with Gasteiger partial charge < -0.3 is 15.0 Å². The second-order valence-electron chi connectivity index (χ2n) is 6.19. The fourth-order valence-electron chi connectivity index (χ4n) is 3.11. The van der Waals surface area contributed by atoms with E-state index >= 15 is 0 Å². The lowest BCUT2D eigenvalue weighted by atomic mass is 10.2. The molecule has 3 aromatic rings. The summed E-state index contributed by atoms with van der Waals surface area (Å²) in [5.74, 6) is 0. The number of para-hydroxylation sites is 2. The van der Waals surface area contributed by atoms with Gasteiger partial charge in [-0.25, -0.2) is 0 Å². The minimum Gasteiger partial charge on any atom is -0.389 e. The number of hydrogen-bond acceptors (Lipinski definition) is 2. The minimum atomic E-state index is -0.441. The van der Waals surface area contributed by atoms with Crippen molar-refractivity contribution in [1.29, 1.82) is 0 Å². The maximum atomic E-state index is 10.5. The van der Waals surface area contributed by atoms with E-state index < -0.39 is 6.10 Å². The van der Waals surface area contributed by atoms with E-state index in [0.29, 0.717) is 13.1 Å². The molecule has 3 nitrogen and oxygen atoms in total. The molecule has 2 N–H and O–H groups in total. The largest absolute Gasteiger partial charge is 0.389 e. The summed E-state index contributed by atoms with van der Waals surface area (Å²) in [6, 6.07) is 16.5. The number of nitrogens with one attached hydrogen (secondary N) is 1. The molecule has 0 aliphatic carbocycles. The van der Waals surface area contributed by atoms with Crippen LogP contribution < -0.4 is 5.32 Å². The monoisotopic (exact) mass is 308 g/mol. The molecule has 120 valence electrons. The maximum absolute atomic E-state index is 10.5. The normalized spacial score (nSPS) is 12.5. The van der Waals surface area contributed by atoms with Gasteiger partial charge in [-0.15, -0.1) is 0 Å². The number of fused-ring (bicyclic) bond motifs is 1. The Bertz CT molecular complexity index is 820. The zero-order valence-corrected chi connectivity index (χ0v) is 14.0. The third kappa shape index (κ3) is 3.10. The lowest BCUT2D eigenvalue weighted by Gasteiger charge is -2.17. The highest BCUT2D eigenvalue weighted by atomic mass is 16.3. The van der Waals surface area contributed by atoms with Crippen LogP contribution in [-0.2, 0) is 6.54 Å². The minimum absolute atomic E-state index is 0.441. The summed E-state index contributed by atoms with van der Waals surface area (Å²) in [5.41, 5.74) is 5.98. The molecule has 1 atom stereocenters. The first kappa shape index (κ1) is 15.6. The van der Waals surface area contributed by atoms with Crippen molar-refractivity contribution in [3.05, 3.63) is 65.4 Å². The SMILES string of the molecule is Cc1ccccc1NC[C@@H](O)Cn1c(C)c(C)c2ccccc21. The van der Waals surface area contributed by atoms with Crippen molar-refractivity contribution < 1.29 is 5.11 Å². The summed E-state index contributed by atoms with van der Waals surface area (Å²) < 4.78 is 2.22. The Morgan fingerprint density at radius 3 is 2.48 bits per heavy atom. The topological polar surface area (TPSA) is 37.2 Å². The molecule has 2 aromatic carbocycles. The van der Waals surface area contributed by atoms with Crippen LogP contribution in [0.2, 0.25) is 0 Å². The number of aliphatic hydroxyl groups excluding tert-OH is 1. The zero-order valence-electron chi connectivity index (χ0n) is 14.0. The van der Waals surface area contributed by atoms with Gasteiger partial charge in [-0.05, 0) is 44.0 Å². The lowest BCUT2D eigenvalue weighted by molar-refractivity contribution is 0.167. The highest BCUT2D eigenvalue weighted by Gasteiger charge is 2.13. The summed E-state index contributed by atoms with van der Waals surface area (Å²) in [5, 5.41) is 15.1. The van der Waals surface area contributed by atoms with Crippen molar-refractivity contribution in [1.82, 2.24) is 4.57 Å². The van der Waals surface area contributed by atoms with Gasteiger partial charge in [0, 0.05) is 28.8 Å². The fraction of sp³-hybridized carbons (Fsp3) is 0.300. The third-order valence-electron chi connectivity index (χ3n) is 4.61. The van der Waals surface area contributed by atoms with Gasteiger partial charge in [-0.1, -0.05) is 36.4 Å². The van der Waals surface area contributed by atoms with E-state index in [1.54, 1.807) is 0 Å². The molecule has 23 heavy (non-hydrogen) atoms. The molecule has 0 radical (unpaired) electrons. The van der Waals surface area contributed by atoms with Crippen molar-refractivity contribution in [3.8, 4) is 0 Å². The fourth-order valence-corrected chi connectivity index (χ4v) is 3.11. The first-order valence-electron chi connectivity index (χ1n) is 8.10. The van der Waals surface area contributed by atoms with Gasteiger partial charge in [0.1, 0.15) is 0 Å². The van der Waals surface area contributed by atoms with E-state index in [0.717, 1.165) is 5.69 Å². The lowest BCUT2D eigenvalue weighted by Crippen LogP contribution is -2.25. The van der Waals surface area contributed by atoms with Crippen LogP contribution in [0.5, 0.6) is 0 Å². The smallest absolute Gasteiger partial charge is 0.0891 e. The molecule has 3 rings (SSSR count). The number of aryl methyl sites for hydroxylation is 2. The quantitative estimate of drug-likeness (QED) is 0.746. The molecular weight excluding hydrogens is 284 g/mol. The van der Waals surface area contributed by atoms with E-state index in [1.807, 2.05) is 18.2 Å². The van der Waals surface area contributed by atoms with Crippen LogP contribution in [0.1, 0.15) is 16.8 Å². The Morgan fingerprint density at radius 2 is 1.70 bits per heavy atom. The number of aromatic nitrogens is 1. The Hall–Kier alpha value is -2.26. The van der Waals surface area contributed by atoms with Crippen molar-refractivity contribution >= 4 is 16.6 Å². The molecular formula is C20H24N2O. The number of hydrogen-bond donors (Lipinski definition) is 2. The van der Waals surface area contributed by atoms with Crippen LogP contribution >= 0.6 is 0 Å². The van der Waals surface area contributed by atoms with Gasteiger partial charge in [-0.2, -0.15) is 0 Å². The molecule has 1 heterocycles. The van der Waals surface area contributed by atoms with Crippen LogP contribution in [-0.4, -0.2) is 22.3 Å². The zero-order chi connectivity index (χ0) is 16.4. The standard InChI is InChI=1S/C20H24N2O/c1-14-8-4-6-10-19(14)21-12-17(23)13-22-16(3)15(2)18-9-5-7-11-20(18)22/h4-11,17,21,23H,12-13H2,1-3H3/t17-/m1/s1. The van der Waals surface area contributed by atoms with Crippen molar-refractivity contribution in [2.75, 3.05) is 11.9 Å². The average Bonchev–Trinajstić information content (AvgIpc) is 2.80. The van der Waals surface area contributed by atoms with E-state index in [1.165, 1.54) is 27.7 Å². The first-order valence-corrected chi connectivity index (χ1v) is 8.10. The number of benzene rings is 2. The molecule has 0 amide bonds. The highest BCUT2D eigenvalue weighted by molar-refractivity contribution is 5.85. The van der Waals surface area contributed by atoms with E-state index in [9.17, 15) is 5.11 Å². The molecule has 0 aliphatic rings. The van der Waals surface area contributed by atoms with Gasteiger partial charge in [0.25, 0.3) is 0 Å². The number of rotatable bonds is 5. The second-order valence-corrected chi connectivity index (χ2v) is 6.19. The molecule has 3 heteroatoms. The van der Waals surface area contributed by atoms with Crippen LogP contribution in [0.25, 0.3) is 10.9 Å². The highest BCUT2D eigenvalue weighted by Crippen LogP contribution is 2.25. The van der Waals surface area contributed by atoms with E-state index in [4.69, 9.17) is 0 Å².